The summed E-state index contributed by atoms with van der Waals surface area (Å²) in [4.78, 5) is 9.01. The Hall–Kier alpha value is -3.23. The number of fused-ring (bicyclic) bond motifs is 3. The number of nitrogens with one attached hydrogen (secondary N) is 1. The van der Waals surface area contributed by atoms with Gasteiger partial charge >= 0.3 is 0 Å². The third-order valence-electron chi connectivity index (χ3n) is 4.84. The number of pyridine rings is 2. The highest BCUT2D eigenvalue weighted by molar-refractivity contribution is 6.06. The van der Waals surface area contributed by atoms with Gasteiger partial charge in [0.25, 0.3) is 0 Å². The topological polar surface area (TPSA) is 70.4 Å². The molecule has 3 aromatic heterocycles. The maximum Gasteiger partial charge on any atom is 0.143 e. The first-order valence-corrected chi connectivity index (χ1v) is 10.2. The molecule has 7 nitrogen and oxygen atoms in total. The van der Waals surface area contributed by atoms with Crippen LogP contribution in [0.2, 0.25) is 0 Å². The fourth-order valence-corrected chi connectivity index (χ4v) is 3.39. The highest BCUT2D eigenvalue weighted by Crippen LogP contribution is 2.28. The molecule has 0 aliphatic heterocycles. The number of anilines is 2. The number of hydrogen-bond acceptors (Lipinski definition) is 6. The van der Waals surface area contributed by atoms with E-state index in [9.17, 15) is 4.39 Å². The van der Waals surface area contributed by atoms with Gasteiger partial charge in [0.15, 0.2) is 0 Å². The zero-order valence-corrected chi connectivity index (χ0v) is 17.4. The Morgan fingerprint density at radius 3 is 2.68 bits per heavy atom. The summed E-state index contributed by atoms with van der Waals surface area (Å²) < 4.78 is 30.1. The van der Waals surface area contributed by atoms with Crippen LogP contribution in [-0.4, -0.2) is 54.2 Å². The molecule has 31 heavy (non-hydrogen) atoms. The number of nitrogens with zero attached hydrogens (tertiary/aromatic N) is 3. The fourth-order valence-electron chi connectivity index (χ4n) is 3.39. The Kier molecular flexibility index (Phi) is 6.91. The summed E-state index contributed by atoms with van der Waals surface area (Å²) in [7, 11) is 2.01. The van der Waals surface area contributed by atoms with Crippen LogP contribution in [0, 0.1) is 0 Å². The molecule has 0 bridgehead atoms. The van der Waals surface area contributed by atoms with Gasteiger partial charge in [0.1, 0.15) is 30.5 Å². The molecule has 162 valence electrons. The summed E-state index contributed by atoms with van der Waals surface area (Å²) in [5.74, 6) is 1.49. The normalized spacial score (nSPS) is 11.3. The number of ether oxygens (including phenoxy) is 3. The minimum Gasteiger partial charge on any atom is -0.491 e. The average Bonchev–Trinajstić information content (AvgIpc) is 3.08. The number of benzene rings is 1. The molecule has 0 radical (unpaired) electrons. The molecule has 8 heteroatoms. The van der Waals surface area contributed by atoms with E-state index in [-0.39, 0.29) is 6.61 Å². The molecule has 0 amide bonds. The molecule has 1 N–H and O–H groups in total. The summed E-state index contributed by atoms with van der Waals surface area (Å²) >= 11 is 0. The van der Waals surface area contributed by atoms with Crippen molar-refractivity contribution in [1.29, 1.82) is 0 Å². The summed E-state index contributed by atoms with van der Waals surface area (Å²) in [6.07, 6.45) is 3.66. The quantitative estimate of drug-likeness (QED) is 0.363. The smallest absolute Gasteiger partial charge is 0.143 e. The molecular formula is C23H25FN4O3. The van der Waals surface area contributed by atoms with Gasteiger partial charge in [0.2, 0.25) is 0 Å². The van der Waals surface area contributed by atoms with Crippen LogP contribution in [0.1, 0.15) is 0 Å². The van der Waals surface area contributed by atoms with E-state index in [1.165, 1.54) is 0 Å². The van der Waals surface area contributed by atoms with Crippen LogP contribution >= 0.6 is 0 Å². The fraction of sp³-hybridized carbons (Fsp3) is 0.304. The van der Waals surface area contributed by atoms with Crippen LogP contribution in [0.25, 0.3) is 21.9 Å². The van der Waals surface area contributed by atoms with Crippen LogP contribution in [0.3, 0.4) is 0 Å². The van der Waals surface area contributed by atoms with Crippen molar-refractivity contribution in [3.8, 4) is 5.75 Å². The van der Waals surface area contributed by atoms with E-state index in [2.05, 4.69) is 20.9 Å². The zero-order chi connectivity index (χ0) is 21.5. The second-order valence-electron chi connectivity index (χ2n) is 6.93. The van der Waals surface area contributed by atoms with Gasteiger partial charge in [-0.2, -0.15) is 0 Å². The van der Waals surface area contributed by atoms with Gasteiger partial charge in [-0.3, -0.25) is 4.98 Å². The number of alkyl halides is 1. The summed E-state index contributed by atoms with van der Waals surface area (Å²) in [6, 6.07) is 13.7. The van der Waals surface area contributed by atoms with E-state index in [1.807, 2.05) is 49.6 Å². The largest absolute Gasteiger partial charge is 0.491 e. The Labute approximate surface area is 179 Å². The first-order chi connectivity index (χ1) is 15.3. The maximum atomic E-state index is 11.9. The van der Waals surface area contributed by atoms with Crippen LogP contribution in [-0.2, 0) is 16.5 Å². The molecule has 0 saturated heterocycles. The highest BCUT2D eigenvalue weighted by Gasteiger charge is 2.10. The lowest BCUT2D eigenvalue weighted by Gasteiger charge is -2.10. The Morgan fingerprint density at radius 2 is 1.81 bits per heavy atom. The molecule has 3 heterocycles. The lowest BCUT2D eigenvalue weighted by atomic mass is 10.2. The number of aryl methyl sites for hydroxylation is 1. The first-order valence-electron chi connectivity index (χ1n) is 10.2. The molecule has 0 spiro atoms. The van der Waals surface area contributed by atoms with E-state index >= 15 is 0 Å². The Balaban J connectivity index is 1.36. The molecule has 1 aromatic carbocycles. The molecule has 0 aliphatic carbocycles. The summed E-state index contributed by atoms with van der Waals surface area (Å²) in [6.45, 7) is 1.29. The molecule has 0 fully saturated rings. The molecule has 0 unspecified atom stereocenters. The van der Waals surface area contributed by atoms with Crippen molar-refractivity contribution in [2.24, 2.45) is 7.05 Å². The van der Waals surface area contributed by atoms with Crippen molar-refractivity contribution < 1.29 is 18.6 Å². The molecule has 4 aromatic rings. The van der Waals surface area contributed by atoms with E-state index in [4.69, 9.17) is 19.2 Å². The molecule has 0 aliphatic rings. The molecular weight excluding hydrogens is 399 g/mol. The summed E-state index contributed by atoms with van der Waals surface area (Å²) in [5.41, 5.74) is 2.87. The SMILES string of the molecule is Cn1c2ccncc2c2ccc(Nc3cccc(OCCOCCOCCF)c3)nc21. The van der Waals surface area contributed by atoms with Crippen molar-refractivity contribution in [3.05, 3.63) is 54.9 Å². The minimum absolute atomic E-state index is 0.110. The Bertz CT molecular complexity index is 1150. The van der Waals surface area contributed by atoms with Gasteiger partial charge in [-0.25, -0.2) is 9.37 Å². The second-order valence-corrected chi connectivity index (χ2v) is 6.93. The zero-order valence-electron chi connectivity index (χ0n) is 17.4. The third-order valence-corrected chi connectivity index (χ3v) is 4.84. The lowest BCUT2D eigenvalue weighted by molar-refractivity contribution is 0.0325. The van der Waals surface area contributed by atoms with E-state index in [0.717, 1.165) is 39.2 Å². The summed E-state index contributed by atoms with van der Waals surface area (Å²) in [5, 5.41) is 5.50. The van der Waals surface area contributed by atoms with Gasteiger partial charge < -0.3 is 24.1 Å². The van der Waals surface area contributed by atoms with Gasteiger partial charge in [-0.05, 0) is 30.3 Å². The average molecular weight is 424 g/mol. The van der Waals surface area contributed by atoms with Crippen LogP contribution in [0.15, 0.2) is 54.9 Å². The number of hydrogen-bond donors (Lipinski definition) is 1. The first kappa shape index (κ1) is 21.0. The van der Waals surface area contributed by atoms with E-state index in [1.54, 1.807) is 6.20 Å². The van der Waals surface area contributed by atoms with Crippen LogP contribution in [0.5, 0.6) is 5.75 Å². The van der Waals surface area contributed by atoms with Gasteiger partial charge in [0, 0.05) is 42.0 Å². The predicted molar refractivity (Wildman–Crippen MR) is 119 cm³/mol. The number of halogens is 1. The van der Waals surface area contributed by atoms with Crippen molar-refractivity contribution in [2.75, 3.05) is 45.0 Å². The Morgan fingerprint density at radius 1 is 0.968 bits per heavy atom. The van der Waals surface area contributed by atoms with Gasteiger partial charge in [-0.1, -0.05) is 6.07 Å². The van der Waals surface area contributed by atoms with Crippen LogP contribution in [0.4, 0.5) is 15.9 Å². The van der Waals surface area contributed by atoms with Crippen molar-refractivity contribution >= 4 is 33.4 Å². The van der Waals surface area contributed by atoms with Crippen molar-refractivity contribution in [3.63, 3.8) is 0 Å². The van der Waals surface area contributed by atoms with Crippen LogP contribution < -0.4 is 10.1 Å². The monoisotopic (exact) mass is 424 g/mol. The molecule has 4 rings (SSSR count). The second kappa shape index (κ2) is 10.2. The maximum absolute atomic E-state index is 11.9. The number of aromatic nitrogens is 3. The third kappa shape index (κ3) is 5.10. The molecule has 0 saturated carbocycles. The van der Waals surface area contributed by atoms with Gasteiger partial charge in [-0.15, -0.1) is 0 Å². The standard InChI is InChI=1S/C23H25FN4O3/c1-28-21-7-9-25-16-20(21)19-5-6-22(27-23(19)28)26-17-3-2-4-18(15-17)31-14-13-30-12-11-29-10-8-24/h2-7,9,15-16H,8,10-14H2,1H3,(H,26,27). The number of rotatable bonds is 11. The molecule has 0 atom stereocenters. The predicted octanol–water partition coefficient (Wildman–Crippen LogP) is 4.25. The van der Waals surface area contributed by atoms with E-state index < -0.39 is 6.67 Å². The van der Waals surface area contributed by atoms with Crippen molar-refractivity contribution in [2.45, 2.75) is 0 Å². The van der Waals surface area contributed by atoms with Gasteiger partial charge in [0.05, 0.1) is 31.9 Å². The van der Waals surface area contributed by atoms with E-state index in [0.29, 0.717) is 26.4 Å². The minimum atomic E-state index is -0.476. The lowest BCUT2D eigenvalue weighted by Crippen LogP contribution is -2.11. The van der Waals surface area contributed by atoms with Crippen molar-refractivity contribution in [1.82, 2.24) is 14.5 Å². The highest BCUT2D eigenvalue weighted by atomic mass is 19.1.